The first kappa shape index (κ1) is 16.3. The summed E-state index contributed by atoms with van der Waals surface area (Å²) >= 11 is 0. The molecule has 0 spiro atoms. The lowest BCUT2D eigenvalue weighted by molar-refractivity contribution is -0.123. The van der Waals surface area contributed by atoms with Crippen molar-refractivity contribution in [2.24, 2.45) is 0 Å². The number of hydrogen-bond donors (Lipinski definition) is 1. The smallest absolute Gasteiger partial charge is 0.234 e. The van der Waals surface area contributed by atoms with Gasteiger partial charge in [0.1, 0.15) is 5.76 Å². The Balaban J connectivity index is 1.30. The number of amides is 1. The zero-order valence-electron chi connectivity index (χ0n) is 14.5. The maximum Gasteiger partial charge on any atom is 0.234 e. The van der Waals surface area contributed by atoms with Crippen LogP contribution in [0.5, 0.6) is 0 Å². The number of aromatic nitrogens is 2. The van der Waals surface area contributed by atoms with Gasteiger partial charge in [0, 0.05) is 18.4 Å². The van der Waals surface area contributed by atoms with Gasteiger partial charge in [-0.1, -0.05) is 5.16 Å². The Morgan fingerprint density at radius 2 is 2.28 bits per heavy atom. The van der Waals surface area contributed by atoms with E-state index in [0.717, 1.165) is 56.2 Å². The molecule has 1 saturated carbocycles. The van der Waals surface area contributed by atoms with Crippen LogP contribution in [0.3, 0.4) is 0 Å². The summed E-state index contributed by atoms with van der Waals surface area (Å²) in [6, 6.07) is 3.57. The average molecular weight is 344 g/mol. The minimum atomic E-state index is -0.124. The van der Waals surface area contributed by atoms with Gasteiger partial charge in [-0.25, -0.2) is 0 Å². The van der Waals surface area contributed by atoms with E-state index in [1.54, 1.807) is 6.26 Å². The molecule has 2 atom stereocenters. The molecule has 134 valence electrons. The fourth-order valence-electron chi connectivity index (χ4n) is 3.42. The molecule has 3 heterocycles. The molecule has 0 bridgehead atoms. The summed E-state index contributed by atoms with van der Waals surface area (Å²) in [7, 11) is 0. The quantitative estimate of drug-likeness (QED) is 0.867. The second-order valence-corrected chi connectivity index (χ2v) is 7.14. The molecular formula is C18H24N4O3. The third-order valence-electron chi connectivity index (χ3n) is 4.97. The fourth-order valence-corrected chi connectivity index (χ4v) is 3.42. The molecular weight excluding hydrogens is 320 g/mol. The maximum absolute atomic E-state index is 12.3. The van der Waals surface area contributed by atoms with Crippen LogP contribution in [0.4, 0.5) is 0 Å². The van der Waals surface area contributed by atoms with Crippen LogP contribution >= 0.6 is 0 Å². The topological polar surface area (TPSA) is 84.4 Å². The molecule has 2 aliphatic rings. The SMILES string of the molecule is CC(NC(=O)CN1CCCC(c2noc(C3CC3)n2)C1)c1ccco1. The number of rotatable bonds is 6. The number of furan rings is 1. The fraction of sp³-hybridized carbons (Fsp3) is 0.611. The molecule has 2 unspecified atom stereocenters. The summed E-state index contributed by atoms with van der Waals surface area (Å²) in [6.45, 7) is 4.03. The summed E-state index contributed by atoms with van der Waals surface area (Å²) < 4.78 is 10.7. The molecule has 0 aromatic carbocycles. The summed E-state index contributed by atoms with van der Waals surface area (Å²) in [6.07, 6.45) is 6.02. The standard InChI is InChI=1S/C18H24N4O3/c1-12(15-5-3-9-24-15)19-16(23)11-22-8-2-4-14(10-22)17-20-18(25-21-17)13-6-7-13/h3,5,9,12-14H,2,4,6-8,10-11H2,1H3,(H,19,23). The van der Waals surface area contributed by atoms with Gasteiger partial charge >= 0.3 is 0 Å². The summed E-state index contributed by atoms with van der Waals surface area (Å²) in [5.74, 6) is 3.10. The molecule has 1 aliphatic heterocycles. The maximum atomic E-state index is 12.3. The molecule has 7 nitrogen and oxygen atoms in total. The molecule has 2 aromatic heterocycles. The minimum Gasteiger partial charge on any atom is -0.467 e. The van der Waals surface area contributed by atoms with Gasteiger partial charge in [0.05, 0.1) is 18.8 Å². The number of carbonyl (C=O) groups excluding carboxylic acids is 1. The van der Waals surface area contributed by atoms with Gasteiger partial charge in [-0.3, -0.25) is 9.69 Å². The van der Waals surface area contributed by atoms with E-state index >= 15 is 0 Å². The first-order valence-electron chi connectivity index (χ1n) is 9.07. The first-order valence-corrected chi connectivity index (χ1v) is 9.07. The van der Waals surface area contributed by atoms with Crippen molar-refractivity contribution in [3.05, 3.63) is 35.9 Å². The summed E-state index contributed by atoms with van der Waals surface area (Å²) in [5.41, 5.74) is 0. The lowest BCUT2D eigenvalue weighted by atomic mass is 9.97. The van der Waals surface area contributed by atoms with E-state index in [1.807, 2.05) is 19.1 Å². The van der Waals surface area contributed by atoms with E-state index in [0.29, 0.717) is 12.5 Å². The van der Waals surface area contributed by atoms with Crippen molar-refractivity contribution >= 4 is 5.91 Å². The highest BCUT2D eigenvalue weighted by molar-refractivity contribution is 5.78. The largest absolute Gasteiger partial charge is 0.467 e. The Morgan fingerprint density at radius 3 is 3.04 bits per heavy atom. The molecule has 1 aliphatic carbocycles. The third kappa shape index (κ3) is 3.92. The molecule has 7 heteroatoms. The Bertz CT molecular complexity index is 708. The number of carbonyl (C=O) groups is 1. The number of nitrogens with zero attached hydrogens (tertiary/aromatic N) is 3. The molecule has 1 amide bonds. The van der Waals surface area contributed by atoms with Crippen molar-refractivity contribution < 1.29 is 13.7 Å². The van der Waals surface area contributed by atoms with Crippen LogP contribution in [0, 0.1) is 0 Å². The monoisotopic (exact) mass is 344 g/mol. The van der Waals surface area contributed by atoms with Crippen molar-refractivity contribution in [1.82, 2.24) is 20.4 Å². The van der Waals surface area contributed by atoms with Crippen LogP contribution in [0.15, 0.2) is 27.3 Å². The zero-order valence-corrected chi connectivity index (χ0v) is 14.5. The molecule has 25 heavy (non-hydrogen) atoms. The Labute approximate surface area is 146 Å². The minimum absolute atomic E-state index is 0.0105. The van der Waals surface area contributed by atoms with Crippen LogP contribution in [0.2, 0.25) is 0 Å². The Hall–Kier alpha value is -2.15. The molecule has 2 fully saturated rings. The Morgan fingerprint density at radius 1 is 1.40 bits per heavy atom. The van der Waals surface area contributed by atoms with Gasteiger partial charge in [0.25, 0.3) is 0 Å². The molecule has 2 aromatic rings. The zero-order chi connectivity index (χ0) is 17.2. The number of nitrogens with one attached hydrogen (secondary N) is 1. The van der Waals surface area contributed by atoms with Crippen LogP contribution in [-0.4, -0.2) is 40.6 Å². The molecule has 1 saturated heterocycles. The van der Waals surface area contributed by atoms with Gasteiger partial charge in [-0.15, -0.1) is 0 Å². The second kappa shape index (κ2) is 7.00. The van der Waals surface area contributed by atoms with Gasteiger partial charge < -0.3 is 14.3 Å². The highest BCUT2D eigenvalue weighted by Crippen LogP contribution is 2.39. The summed E-state index contributed by atoms with van der Waals surface area (Å²) in [5, 5.41) is 7.16. The first-order chi connectivity index (χ1) is 12.2. The average Bonchev–Trinajstić information content (AvgIpc) is 3.12. The van der Waals surface area contributed by atoms with Crippen molar-refractivity contribution in [3.63, 3.8) is 0 Å². The molecule has 0 radical (unpaired) electrons. The third-order valence-corrected chi connectivity index (χ3v) is 4.97. The highest BCUT2D eigenvalue weighted by Gasteiger charge is 2.32. The van der Waals surface area contributed by atoms with Crippen molar-refractivity contribution in [3.8, 4) is 0 Å². The normalized spacial score (nSPS) is 22.7. The molecule has 1 N–H and O–H groups in total. The van der Waals surface area contributed by atoms with Crippen LogP contribution in [-0.2, 0) is 4.79 Å². The van der Waals surface area contributed by atoms with E-state index in [2.05, 4.69) is 20.4 Å². The van der Waals surface area contributed by atoms with Crippen LogP contribution in [0.25, 0.3) is 0 Å². The Kier molecular flexibility index (Phi) is 4.57. The van der Waals surface area contributed by atoms with Crippen LogP contribution < -0.4 is 5.32 Å². The number of hydrogen-bond acceptors (Lipinski definition) is 6. The van der Waals surface area contributed by atoms with Crippen molar-refractivity contribution in [2.45, 2.75) is 50.5 Å². The van der Waals surface area contributed by atoms with Crippen molar-refractivity contribution in [1.29, 1.82) is 0 Å². The lowest BCUT2D eigenvalue weighted by Crippen LogP contribution is -2.42. The van der Waals surface area contributed by atoms with E-state index in [4.69, 9.17) is 8.94 Å². The van der Waals surface area contributed by atoms with Gasteiger partial charge in [-0.2, -0.15) is 4.98 Å². The number of likely N-dealkylation sites (tertiary alicyclic amines) is 1. The van der Waals surface area contributed by atoms with E-state index in [1.165, 1.54) is 0 Å². The predicted molar refractivity (Wildman–Crippen MR) is 90.0 cm³/mol. The van der Waals surface area contributed by atoms with E-state index in [9.17, 15) is 4.79 Å². The molecule has 4 rings (SSSR count). The van der Waals surface area contributed by atoms with Gasteiger partial charge in [0.15, 0.2) is 5.82 Å². The van der Waals surface area contributed by atoms with Gasteiger partial charge in [-0.05, 0) is 51.3 Å². The van der Waals surface area contributed by atoms with Gasteiger partial charge in [0.2, 0.25) is 11.8 Å². The van der Waals surface area contributed by atoms with Crippen LogP contribution in [0.1, 0.15) is 68.0 Å². The summed E-state index contributed by atoms with van der Waals surface area (Å²) in [4.78, 5) is 19.1. The lowest BCUT2D eigenvalue weighted by Gasteiger charge is -2.30. The highest BCUT2D eigenvalue weighted by atomic mass is 16.5. The van der Waals surface area contributed by atoms with Crippen molar-refractivity contribution in [2.75, 3.05) is 19.6 Å². The van der Waals surface area contributed by atoms with E-state index < -0.39 is 0 Å². The predicted octanol–water partition coefficient (Wildman–Crippen LogP) is 2.60. The number of piperidine rings is 1. The second-order valence-electron chi connectivity index (χ2n) is 7.14. The van der Waals surface area contributed by atoms with E-state index in [-0.39, 0.29) is 17.9 Å².